The van der Waals surface area contributed by atoms with Gasteiger partial charge in [-0.2, -0.15) is 0 Å². The molecule has 15 heavy (non-hydrogen) atoms. The molecular weight excluding hydrogens is 186 g/mol. The van der Waals surface area contributed by atoms with Crippen molar-refractivity contribution in [1.82, 2.24) is 0 Å². The molecule has 0 fully saturated rings. The van der Waals surface area contributed by atoms with Crippen LogP contribution in [0, 0.1) is 5.92 Å². The highest BCUT2D eigenvalue weighted by Crippen LogP contribution is 2.09. The number of nitrogens with two attached hydrogens (primary N) is 1. The molecule has 2 N–H and O–H groups in total. The van der Waals surface area contributed by atoms with Crippen molar-refractivity contribution in [3.63, 3.8) is 0 Å². The maximum atomic E-state index is 11.4. The maximum absolute atomic E-state index is 11.4. The summed E-state index contributed by atoms with van der Waals surface area (Å²) in [5, 5.41) is 0. The Morgan fingerprint density at radius 3 is 2.67 bits per heavy atom. The number of allylic oxidation sites excluding steroid dienone is 1. The van der Waals surface area contributed by atoms with Crippen LogP contribution in [0.4, 0.5) is 0 Å². The molecule has 0 aromatic heterocycles. The van der Waals surface area contributed by atoms with Gasteiger partial charge >= 0.3 is 0 Å². The fourth-order valence-electron chi connectivity index (χ4n) is 1.44. The van der Waals surface area contributed by atoms with Crippen LogP contribution < -0.4 is 5.73 Å². The van der Waals surface area contributed by atoms with E-state index < -0.39 is 0 Å². The number of ketones is 1. The van der Waals surface area contributed by atoms with Crippen molar-refractivity contribution in [3.05, 3.63) is 12.7 Å². The molecule has 0 aliphatic rings. The summed E-state index contributed by atoms with van der Waals surface area (Å²) in [4.78, 5) is 11.4. The van der Waals surface area contributed by atoms with E-state index in [9.17, 15) is 4.79 Å². The summed E-state index contributed by atoms with van der Waals surface area (Å²) in [7, 11) is 0. The first kappa shape index (κ1) is 14.4. The highest BCUT2D eigenvalue weighted by Gasteiger charge is 2.05. The average Bonchev–Trinajstić information content (AvgIpc) is 2.25. The second-order valence-electron chi connectivity index (χ2n) is 4.31. The Kier molecular flexibility index (Phi) is 9.49. The van der Waals surface area contributed by atoms with Crippen LogP contribution in [-0.4, -0.2) is 12.3 Å². The van der Waals surface area contributed by atoms with Gasteiger partial charge in [-0.3, -0.25) is 4.79 Å². The first-order valence-electron chi connectivity index (χ1n) is 6.03. The van der Waals surface area contributed by atoms with E-state index in [1.807, 2.05) is 6.08 Å². The van der Waals surface area contributed by atoms with Crippen molar-refractivity contribution < 1.29 is 4.79 Å². The van der Waals surface area contributed by atoms with Gasteiger partial charge in [0, 0.05) is 12.8 Å². The van der Waals surface area contributed by atoms with Gasteiger partial charge in [-0.15, -0.1) is 6.58 Å². The Labute approximate surface area is 93.9 Å². The quantitative estimate of drug-likeness (QED) is 0.446. The summed E-state index contributed by atoms with van der Waals surface area (Å²) in [6.07, 6.45) is 8.74. The molecule has 2 heteroatoms. The molecule has 0 aromatic rings. The molecule has 1 unspecified atom stereocenters. The summed E-state index contributed by atoms with van der Waals surface area (Å²) in [6.45, 7) is 6.45. The Balaban J connectivity index is 3.29. The molecule has 0 aliphatic carbocycles. The van der Waals surface area contributed by atoms with Crippen LogP contribution in [0.2, 0.25) is 0 Å². The van der Waals surface area contributed by atoms with E-state index in [0.29, 0.717) is 24.7 Å². The number of hydrogen-bond donors (Lipinski definition) is 1. The predicted molar refractivity (Wildman–Crippen MR) is 65.7 cm³/mol. The maximum Gasteiger partial charge on any atom is 0.132 e. The average molecular weight is 211 g/mol. The van der Waals surface area contributed by atoms with Gasteiger partial charge in [0.15, 0.2) is 0 Å². The fourth-order valence-corrected chi connectivity index (χ4v) is 1.44. The molecule has 0 saturated carbocycles. The second kappa shape index (κ2) is 9.91. The number of hydrogen-bond acceptors (Lipinski definition) is 2. The SMILES string of the molecule is C=CCCCCCC(=O)CCC(C)CN. The van der Waals surface area contributed by atoms with E-state index in [1.165, 1.54) is 0 Å². The summed E-state index contributed by atoms with van der Waals surface area (Å²) in [5.74, 6) is 0.878. The number of Topliss-reactive ketones (excluding diaryl/α,β-unsaturated/α-hetero) is 1. The second-order valence-corrected chi connectivity index (χ2v) is 4.31. The lowest BCUT2D eigenvalue weighted by molar-refractivity contribution is -0.119. The lowest BCUT2D eigenvalue weighted by Crippen LogP contribution is -2.12. The molecule has 0 rings (SSSR count). The van der Waals surface area contributed by atoms with E-state index in [4.69, 9.17) is 5.73 Å². The molecule has 0 saturated heterocycles. The first-order valence-corrected chi connectivity index (χ1v) is 6.03. The van der Waals surface area contributed by atoms with E-state index in [-0.39, 0.29) is 0 Å². The van der Waals surface area contributed by atoms with E-state index in [1.54, 1.807) is 0 Å². The monoisotopic (exact) mass is 211 g/mol. The van der Waals surface area contributed by atoms with Gasteiger partial charge in [0.25, 0.3) is 0 Å². The van der Waals surface area contributed by atoms with Crippen LogP contribution in [-0.2, 0) is 4.79 Å². The minimum absolute atomic E-state index is 0.397. The standard InChI is InChI=1S/C13H25NO/c1-3-4-5-6-7-8-13(15)10-9-12(2)11-14/h3,12H,1,4-11,14H2,2H3. The highest BCUT2D eigenvalue weighted by molar-refractivity contribution is 5.78. The Hall–Kier alpha value is -0.630. The van der Waals surface area contributed by atoms with Crippen LogP contribution in [0.3, 0.4) is 0 Å². The fraction of sp³-hybridized carbons (Fsp3) is 0.769. The minimum Gasteiger partial charge on any atom is -0.330 e. The number of rotatable bonds is 10. The normalized spacial score (nSPS) is 12.4. The van der Waals surface area contributed by atoms with Crippen LogP contribution >= 0.6 is 0 Å². The van der Waals surface area contributed by atoms with Gasteiger partial charge in [0.05, 0.1) is 0 Å². The zero-order valence-corrected chi connectivity index (χ0v) is 10.0. The summed E-state index contributed by atoms with van der Waals surface area (Å²) in [6, 6.07) is 0. The van der Waals surface area contributed by atoms with Crippen molar-refractivity contribution in [3.8, 4) is 0 Å². The van der Waals surface area contributed by atoms with Gasteiger partial charge in [0.1, 0.15) is 5.78 Å². The molecule has 0 bridgehead atoms. The van der Waals surface area contributed by atoms with Gasteiger partial charge < -0.3 is 5.73 Å². The van der Waals surface area contributed by atoms with Gasteiger partial charge in [0.2, 0.25) is 0 Å². The van der Waals surface area contributed by atoms with E-state index in [0.717, 1.165) is 38.5 Å². The lowest BCUT2D eigenvalue weighted by atomic mass is 10.0. The molecule has 0 aliphatic heterocycles. The summed E-state index contributed by atoms with van der Waals surface area (Å²) in [5.41, 5.74) is 5.49. The summed E-state index contributed by atoms with van der Waals surface area (Å²) >= 11 is 0. The van der Waals surface area contributed by atoms with Gasteiger partial charge in [-0.05, 0) is 38.1 Å². The van der Waals surface area contributed by atoms with E-state index >= 15 is 0 Å². The minimum atomic E-state index is 0.397. The van der Waals surface area contributed by atoms with E-state index in [2.05, 4.69) is 13.5 Å². The van der Waals surface area contributed by atoms with Crippen LogP contribution in [0.15, 0.2) is 12.7 Å². The molecular formula is C13H25NO. The molecule has 0 radical (unpaired) electrons. The Morgan fingerprint density at radius 1 is 1.33 bits per heavy atom. The van der Waals surface area contributed by atoms with Crippen molar-refractivity contribution >= 4 is 5.78 Å². The molecule has 1 atom stereocenters. The summed E-state index contributed by atoms with van der Waals surface area (Å²) < 4.78 is 0. The molecule has 0 spiro atoms. The molecule has 0 amide bonds. The topological polar surface area (TPSA) is 43.1 Å². The zero-order chi connectivity index (χ0) is 11.5. The predicted octanol–water partition coefficient (Wildman–Crippen LogP) is 3.07. The zero-order valence-electron chi connectivity index (χ0n) is 10.0. The third-order valence-corrected chi connectivity index (χ3v) is 2.68. The number of unbranched alkanes of at least 4 members (excludes halogenated alkanes) is 3. The van der Waals surface area contributed by atoms with Crippen molar-refractivity contribution in [2.24, 2.45) is 11.7 Å². The lowest BCUT2D eigenvalue weighted by Gasteiger charge is -2.06. The van der Waals surface area contributed by atoms with Gasteiger partial charge in [-0.25, -0.2) is 0 Å². The molecule has 2 nitrogen and oxygen atoms in total. The molecule has 0 heterocycles. The number of carbonyl (C=O) groups excluding carboxylic acids is 1. The first-order chi connectivity index (χ1) is 7.20. The number of carbonyl (C=O) groups is 1. The van der Waals surface area contributed by atoms with Crippen LogP contribution in [0.1, 0.15) is 51.9 Å². The third-order valence-electron chi connectivity index (χ3n) is 2.68. The highest BCUT2D eigenvalue weighted by atomic mass is 16.1. The smallest absolute Gasteiger partial charge is 0.132 e. The Morgan fingerprint density at radius 2 is 2.07 bits per heavy atom. The molecule has 88 valence electrons. The van der Waals surface area contributed by atoms with Gasteiger partial charge in [-0.1, -0.05) is 19.4 Å². The third kappa shape index (κ3) is 9.67. The molecule has 0 aromatic carbocycles. The van der Waals surface area contributed by atoms with Crippen molar-refractivity contribution in [1.29, 1.82) is 0 Å². The van der Waals surface area contributed by atoms with Crippen LogP contribution in [0.5, 0.6) is 0 Å². The largest absolute Gasteiger partial charge is 0.330 e. The van der Waals surface area contributed by atoms with Crippen molar-refractivity contribution in [2.45, 2.75) is 51.9 Å². The Bertz CT molecular complexity index is 177. The van der Waals surface area contributed by atoms with Crippen LogP contribution in [0.25, 0.3) is 0 Å². The van der Waals surface area contributed by atoms with Crippen molar-refractivity contribution in [2.75, 3.05) is 6.54 Å².